The standard InChI is InChI=1S/C15H22N2O2/c1-12-8-13(10-16-9-12)11-17-15(14(18)19-2)6-4-3-5-7-15/h8-10,17H,3-7,11H2,1-2H3. The number of carbonyl (C=O) groups excluding carboxylic acids is 1. The number of nitrogens with one attached hydrogen (secondary N) is 1. The van der Waals surface area contributed by atoms with Crippen LogP contribution in [0.1, 0.15) is 43.2 Å². The van der Waals surface area contributed by atoms with Gasteiger partial charge in [0.1, 0.15) is 5.54 Å². The second-order valence-electron chi connectivity index (χ2n) is 5.36. The monoisotopic (exact) mass is 262 g/mol. The third-order valence-corrected chi connectivity index (χ3v) is 3.85. The molecule has 0 aromatic carbocycles. The van der Waals surface area contributed by atoms with E-state index < -0.39 is 5.54 Å². The van der Waals surface area contributed by atoms with Gasteiger partial charge in [0.25, 0.3) is 0 Å². The number of hydrogen-bond acceptors (Lipinski definition) is 4. The van der Waals surface area contributed by atoms with E-state index in [-0.39, 0.29) is 5.97 Å². The lowest BCUT2D eigenvalue weighted by atomic mass is 9.81. The van der Waals surface area contributed by atoms with Gasteiger partial charge in [-0.15, -0.1) is 0 Å². The lowest BCUT2D eigenvalue weighted by molar-refractivity contribution is -0.150. The third-order valence-electron chi connectivity index (χ3n) is 3.85. The largest absolute Gasteiger partial charge is 0.468 e. The molecule has 0 atom stereocenters. The maximum Gasteiger partial charge on any atom is 0.326 e. The normalized spacial score (nSPS) is 18.0. The fraction of sp³-hybridized carbons (Fsp3) is 0.600. The number of carbonyl (C=O) groups is 1. The van der Waals surface area contributed by atoms with Crippen LogP contribution in [0.25, 0.3) is 0 Å². The molecule has 4 nitrogen and oxygen atoms in total. The van der Waals surface area contributed by atoms with Crippen LogP contribution in [0.15, 0.2) is 18.5 Å². The first-order valence-electron chi connectivity index (χ1n) is 6.90. The number of rotatable bonds is 4. The van der Waals surface area contributed by atoms with Crippen molar-refractivity contribution in [3.8, 4) is 0 Å². The minimum absolute atomic E-state index is 0.132. The first-order chi connectivity index (χ1) is 9.16. The zero-order valence-electron chi connectivity index (χ0n) is 11.7. The Labute approximate surface area is 114 Å². The first kappa shape index (κ1) is 14.0. The van der Waals surface area contributed by atoms with Gasteiger partial charge in [-0.3, -0.25) is 15.1 Å². The molecule has 4 heteroatoms. The van der Waals surface area contributed by atoms with Gasteiger partial charge >= 0.3 is 5.97 Å². The van der Waals surface area contributed by atoms with Crippen LogP contribution in [0.2, 0.25) is 0 Å². The molecule has 1 aromatic rings. The minimum atomic E-state index is -0.503. The van der Waals surface area contributed by atoms with Crippen LogP contribution in [0.4, 0.5) is 0 Å². The number of nitrogens with zero attached hydrogens (tertiary/aromatic N) is 1. The minimum Gasteiger partial charge on any atom is -0.468 e. The lowest BCUT2D eigenvalue weighted by Crippen LogP contribution is -2.53. The molecule has 0 spiro atoms. The molecule has 1 saturated carbocycles. The molecule has 1 fully saturated rings. The Kier molecular flexibility index (Phi) is 4.53. The predicted molar refractivity (Wildman–Crippen MR) is 73.6 cm³/mol. The zero-order chi connectivity index (χ0) is 13.7. The molecular formula is C15H22N2O2. The van der Waals surface area contributed by atoms with Crippen molar-refractivity contribution in [1.82, 2.24) is 10.3 Å². The zero-order valence-corrected chi connectivity index (χ0v) is 11.7. The molecule has 0 saturated heterocycles. The van der Waals surface area contributed by atoms with Crippen molar-refractivity contribution in [3.63, 3.8) is 0 Å². The van der Waals surface area contributed by atoms with E-state index in [2.05, 4.69) is 16.4 Å². The van der Waals surface area contributed by atoms with Crippen molar-refractivity contribution in [2.45, 2.75) is 51.1 Å². The number of pyridine rings is 1. The van der Waals surface area contributed by atoms with Crippen LogP contribution >= 0.6 is 0 Å². The summed E-state index contributed by atoms with van der Waals surface area (Å²) in [6, 6.07) is 2.09. The van der Waals surface area contributed by atoms with Crippen LogP contribution in [0.3, 0.4) is 0 Å². The second kappa shape index (κ2) is 6.15. The topological polar surface area (TPSA) is 51.2 Å². The average Bonchev–Trinajstić information content (AvgIpc) is 2.45. The Bertz CT molecular complexity index is 440. The molecule has 1 aromatic heterocycles. The van der Waals surface area contributed by atoms with Crippen LogP contribution in [0.5, 0.6) is 0 Å². The van der Waals surface area contributed by atoms with Crippen LogP contribution in [-0.2, 0) is 16.1 Å². The summed E-state index contributed by atoms with van der Waals surface area (Å²) in [5, 5.41) is 3.41. The van der Waals surface area contributed by atoms with Gasteiger partial charge in [0.15, 0.2) is 0 Å². The highest BCUT2D eigenvalue weighted by molar-refractivity contribution is 5.80. The van der Waals surface area contributed by atoms with Gasteiger partial charge < -0.3 is 4.74 Å². The molecule has 1 heterocycles. The van der Waals surface area contributed by atoms with E-state index in [1.54, 1.807) is 0 Å². The molecule has 0 amide bonds. The predicted octanol–water partition coefficient (Wildman–Crippen LogP) is 2.36. The van der Waals surface area contributed by atoms with E-state index in [4.69, 9.17) is 4.74 Å². The van der Waals surface area contributed by atoms with Crippen molar-refractivity contribution in [2.75, 3.05) is 7.11 Å². The van der Waals surface area contributed by atoms with Gasteiger partial charge in [-0.05, 0) is 30.9 Å². The van der Waals surface area contributed by atoms with Crippen molar-refractivity contribution in [2.24, 2.45) is 0 Å². The highest BCUT2D eigenvalue weighted by Crippen LogP contribution is 2.29. The maximum absolute atomic E-state index is 12.1. The summed E-state index contributed by atoms with van der Waals surface area (Å²) in [5.41, 5.74) is 1.74. The smallest absolute Gasteiger partial charge is 0.326 e. The molecule has 0 aliphatic heterocycles. The summed E-state index contributed by atoms with van der Waals surface area (Å²) in [6.45, 7) is 2.68. The lowest BCUT2D eigenvalue weighted by Gasteiger charge is -2.35. The number of methoxy groups -OCH3 is 1. The second-order valence-corrected chi connectivity index (χ2v) is 5.36. The summed E-state index contributed by atoms with van der Waals surface area (Å²) in [6.07, 6.45) is 8.75. The number of ether oxygens (including phenoxy) is 1. The van der Waals surface area contributed by atoms with Crippen LogP contribution < -0.4 is 5.32 Å². The fourth-order valence-corrected chi connectivity index (χ4v) is 2.79. The third kappa shape index (κ3) is 3.32. The average molecular weight is 262 g/mol. The summed E-state index contributed by atoms with van der Waals surface area (Å²) < 4.78 is 4.99. The van der Waals surface area contributed by atoms with Gasteiger partial charge in [0.2, 0.25) is 0 Å². The van der Waals surface area contributed by atoms with E-state index in [0.717, 1.165) is 36.8 Å². The van der Waals surface area contributed by atoms with Gasteiger partial charge in [0, 0.05) is 18.9 Å². The molecule has 0 bridgehead atoms. The molecule has 104 valence electrons. The molecule has 1 aliphatic carbocycles. The Balaban J connectivity index is 2.06. The van der Waals surface area contributed by atoms with Gasteiger partial charge in [-0.1, -0.05) is 25.3 Å². The Morgan fingerprint density at radius 3 is 2.74 bits per heavy atom. The first-order valence-corrected chi connectivity index (χ1v) is 6.90. The highest BCUT2D eigenvalue weighted by atomic mass is 16.5. The maximum atomic E-state index is 12.1. The van der Waals surface area contributed by atoms with Gasteiger partial charge in [-0.25, -0.2) is 0 Å². The van der Waals surface area contributed by atoms with Gasteiger partial charge in [0.05, 0.1) is 7.11 Å². The van der Waals surface area contributed by atoms with E-state index in [9.17, 15) is 4.79 Å². The quantitative estimate of drug-likeness (QED) is 0.846. The van der Waals surface area contributed by atoms with Crippen molar-refractivity contribution < 1.29 is 9.53 Å². The highest BCUT2D eigenvalue weighted by Gasteiger charge is 2.39. The molecule has 0 radical (unpaired) electrons. The van der Waals surface area contributed by atoms with Crippen LogP contribution in [-0.4, -0.2) is 23.6 Å². The summed E-state index contributed by atoms with van der Waals surface area (Å²) >= 11 is 0. The summed E-state index contributed by atoms with van der Waals surface area (Å²) in [5.74, 6) is -0.132. The van der Waals surface area contributed by atoms with E-state index >= 15 is 0 Å². The molecule has 1 N–H and O–H groups in total. The SMILES string of the molecule is COC(=O)C1(NCc2cncc(C)c2)CCCCC1. The Hall–Kier alpha value is -1.42. The number of esters is 1. The van der Waals surface area contributed by atoms with Crippen molar-refractivity contribution >= 4 is 5.97 Å². The number of aryl methyl sites for hydroxylation is 1. The summed E-state index contributed by atoms with van der Waals surface area (Å²) in [4.78, 5) is 16.3. The molecule has 1 aliphatic rings. The number of aromatic nitrogens is 1. The summed E-state index contributed by atoms with van der Waals surface area (Å²) in [7, 11) is 1.47. The Morgan fingerprint density at radius 2 is 2.11 bits per heavy atom. The van der Waals surface area contributed by atoms with E-state index in [0.29, 0.717) is 6.54 Å². The number of hydrogen-bond donors (Lipinski definition) is 1. The van der Waals surface area contributed by atoms with E-state index in [1.165, 1.54) is 13.5 Å². The Morgan fingerprint density at radius 1 is 1.37 bits per heavy atom. The molecule has 19 heavy (non-hydrogen) atoms. The van der Waals surface area contributed by atoms with Gasteiger partial charge in [-0.2, -0.15) is 0 Å². The van der Waals surface area contributed by atoms with E-state index in [1.807, 2.05) is 19.3 Å². The molecule has 0 unspecified atom stereocenters. The van der Waals surface area contributed by atoms with Crippen molar-refractivity contribution in [1.29, 1.82) is 0 Å². The van der Waals surface area contributed by atoms with Crippen molar-refractivity contribution in [3.05, 3.63) is 29.6 Å². The van der Waals surface area contributed by atoms with Crippen LogP contribution in [0, 0.1) is 6.92 Å². The fourth-order valence-electron chi connectivity index (χ4n) is 2.79. The molecular weight excluding hydrogens is 240 g/mol. The molecule has 2 rings (SSSR count).